The molecule has 0 aliphatic carbocycles. The Labute approximate surface area is 161 Å². The number of rotatable bonds is 5. The molecule has 1 N–H and O–H groups in total. The summed E-state index contributed by atoms with van der Waals surface area (Å²) in [6, 6.07) is 10.2. The van der Waals surface area contributed by atoms with E-state index in [9.17, 15) is 22.8 Å². The molecule has 0 saturated heterocycles. The number of pyridine rings is 1. The number of aryl methyl sites for hydroxylation is 1. The summed E-state index contributed by atoms with van der Waals surface area (Å²) in [4.78, 5) is 33.4. The molecular formula is C18H15F3N4O2S. The van der Waals surface area contributed by atoms with E-state index in [2.05, 4.69) is 9.97 Å². The molecule has 0 spiro atoms. The van der Waals surface area contributed by atoms with Crippen LogP contribution in [0.25, 0.3) is 16.7 Å². The van der Waals surface area contributed by atoms with E-state index in [-0.39, 0.29) is 16.5 Å². The van der Waals surface area contributed by atoms with Crippen molar-refractivity contribution in [1.29, 1.82) is 0 Å². The molecule has 1 aromatic carbocycles. The lowest BCUT2D eigenvalue weighted by Crippen LogP contribution is -2.35. The minimum atomic E-state index is -4.49. The van der Waals surface area contributed by atoms with Crippen LogP contribution in [0.3, 0.4) is 0 Å². The molecule has 2 aromatic heterocycles. The summed E-state index contributed by atoms with van der Waals surface area (Å²) in [5, 5.41) is 2.35. The van der Waals surface area contributed by atoms with Crippen molar-refractivity contribution >= 4 is 28.6 Å². The molecule has 0 radical (unpaired) electrons. The van der Waals surface area contributed by atoms with E-state index in [0.717, 1.165) is 11.8 Å². The zero-order valence-corrected chi connectivity index (χ0v) is 15.5. The number of benzene rings is 1. The summed E-state index contributed by atoms with van der Waals surface area (Å²) in [7, 11) is 0. The third kappa shape index (κ3) is 4.50. The van der Waals surface area contributed by atoms with Crippen LogP contribution in [-0.4, -0.2) is 38.9 Å². The van der Waals surface area contributed by atoms with Gasteiger partial charge in [-0.2, -0.15) is 13.2 Å². The van der Waals surface area contributed by atoms with Crippen LogP contribution in [0, 0.1) is 6.92 Å². The number of carbonyl (C=O) groups excluding carboxylic acids is 1. The zero-order chi connectivity index (χ0) is 20.3. The average Bonchev–Trinajstić information content (AvgIpc) is 2.65. The molecule has 3 rings (SSSR count). The highest BCUT2D eigenvalue weighted by molar-refractivity contribution is 7.99. The van der Waals surface area contributed by atoms with Gasteiger partial charge in [-0.15, -0.1) is 0 Å². The number of hydrogen-bond donors (Lipinski definition) is 1. The lowest BCUT2D eigenvalue weighted by atomic mass is 10.2. The van der Waals surface area contributed by atoms with Crippen LogP contribution in [0.4, 0.5) is 13.2 Å². The first kappa shape index (κ1) is 19.9. The summed E-state index contributed by atoms with van der Waals surface area (Å²) in [5.74, 6) is -0.787. The average molecular weight is 408 g/mol. The Balaban J connectivity index is 1.99. The fraction of sp³-hybridized carbons (Fsp3) is 0.222. The summed E-state index contributed by atoms with van der Waals surface area (Å²) in [5.41, 5.74) is 0.770. The minimum Gasteiger partial charge on any atom is -0.346 e. The van der Waals surface area contributed by atoms with Gasteiger partial charge in [0, 0.05) is 6.20 Å². The first-order valence-corrected chi connectivity index (χ1v) is 9.15. The lowest BCUT2D eigenvalue weighted by Gasteiger charge is -2.14. The van der Waals surface area contributed by atoms with Crippen molar-refractivity contribution in [2.75, 3.05) is 12.3 Å². The Kier molecular flexibility index (Phi) is 5.68. The van der Waals surface area contributed by atoms with Crippen LogP contribution >= 0.6 is 11.8 Å². The quantitative estimate of drug-likeness (QED) is 0.519. The Hall–Kier alpha value is -2.88. The SMILES string of the molecule is Cc1cccnc1-n1c(SCC(=O)NCC(F)(F)F)nc2ccccc2c1=O. The molecule has 0 saturated carbocycles. The van der Waals surface area contributed by atoms with E-state index in [0.29, 0.717) is 22.3 Å². The lowest BCUT2D eigenvalue weighted by molar-refractivity contribution is -0.136. The number of hydrogen-bond acceptors (Lipinski definition) is 5. The van der Waals surface area contributed by atoms with Gasteiger partial charge in [0.2, 0.25) is 5.91 Å². The molecule has 1 amide bonds. The second kappa shape index (κ2) is 8.01. The molecule has 0 fully saturated rings. The van der Waals surface area contributed by atoms with E-state index >= 15 is 0 Å². The maximum atomic E-state index is 13.0. The van der Waals surface area contributed by atoms with E-state index in [1.165, 1.54) is 10.8 Å². The van der Waals surface area contributed by atoms with Gasteiger partial charge >= 0.3 is 6.18 Å². The molecule has 0 atom stereocenters. The molecule has 0 aliphatic heterocycles. The summed E-state index contributed by atoms with van der Waals surface area (Å²) in [6.45, 7) is 0.359. The predicted octanol–water partition coefficient (Wildman–Crippen LogP) is 2.86. The number of carbonyl (C=O) groups is 1. The second-order valence-electron chi connectivity index (χ2n) is 5.88. The maximum absolute atomic E-state index is 13.0. The topological polar surface area (TPSA) is 76.9 Å². The molecular weight excluding hydrogens is 393 g/mol. The van der Waals surface area contributed by atoms with Gasteiger partial charge in [-0.25, -0.2) is 14.5 Å². The smallest absolute Gasteiger partial charge is 0.346 e. The van der Waals surface area contributed by atoms with Crippen LogP contribution in [0.15, 0.2) is 52.5 Å². The Morgan fingerprint density at radius 3 is 2.68 bits per heavy atom. The molecule has 10 heteroatoms. The number of nitrogens with zero attached hydrogens (tertiary/aromatic N) is 3. The van der Waals surface area contributed by atoms with E-state index in [4.69, 9.17) is 0 Å². The molecule has 146 valence electrons. The third-order valence-corrected chi connectivity index (χ3v) is 4.70. The Morgan fingerprint density at radius 1 is 1.21 bits per heavy atom. The highest BCUT2D eigenvalue weighted by Crippen LogP contribution is 2.22. The summed E-state index contributed by atoms with van der Waals surface area (Å²) < 4.78 is 38.0. The Bertz CT molecular complexity index is 1080. The number of amides is 1. The van der Waals surface area contributed by atoms with Crippen molar-refractivity contribution in [3.8, 4) is 5.82 Å². The summed E-state index contributed by atoms with van der Waals surface area (Å²) in [6.07, 6.45) is -2.97. The first-order chi connectivity index (χ1) is 13.3. The van der Waals surface area contributed by atoms with E-state index in [1.807, 2.05) is 0 Å². The minimum absolute atomic E-state index is 0.174. The zero-order valence-electron chi connectivity index (χ0n) is 14.7. The van der Waals surface area contributed by atoms with Crippen molar-refractivity contribution < 1.29 is 18.0 Å². The van der Waals surface area contributed by atoms with Gasteiger partial charge in [0.1, 0.15) is 12.4 Å². The second-order valence-corrected chi connectivity index (χ2v) is 6.82. The van der Waals surface area contributed by atoms with Crippen molar-refractivity contribution in [2.45, 2.75) is 18.3 Å². The molecule has 0 unspecified atom stereocenters. The number of nitrogens with one attached hydrogen (secondary N) is 1. The Morgan fingerprint density at radius 2 is 1.96 bits per heavy atom. The van der Waals surface area contributed by atoms with Crippen molar-refractivity contribution in [1.82, 2.24) is 19.9 Å². The molecule has 0 aliphatic rings. The summed E-state index contributed by atoms with van der Waals surface area (Å²) >= 11 is 0.871. The third-order valence-electron chi connectivity index (χ3n) is 3.76. The molecule has 2 heterocycles. The maximum Gasteiger partial charge on any atom is 0.405 e. The molecule has 3 aromatic rings. The van der Waals surface area contributed by atoms with Gasteiger partial charge in [-0.1, -0.05) is 30.0 Å². The molecule has 0 bridgehead atoms. The van der Waals surface area contributed by atoms with Crippen LogP contribution < -0.4 is 10.9 Å². The fourth-order valence-electron chi connectivity index (χ4n) is 2.49. The van der Waals surface area contributed by atoms with E-state index in [1.54, 1.807) is 48.6 Å². The monoisotopic (exact) mass is 408 g/mol. The van der Waals surface area contributed by atoms with Gasteiger partial charge in [0.25, 0.3) is 5.56 Å². The molecule has 28 heavy (non-hydrogen) atoms. The van der Waals surface area contributed by atoms with Crippen molar-refractivity contribution in [2.24, 2.45) is 0 Å². The fourth-order valence-corrected chi connectivity index (χ4v) is 3.31. The normalized spacial score (nSPS) is 11.6. The predicted molar refractivity (Wildman–Crippen MR) is 99.7 cm³/mol. The van der Waals surface area contributed by atoms with Crippen LogP contribution in [0.2, 0.25) is 0 Å². The van der Waals surface area contributed by atoms with Crippen LogP contribution in [0.5, 0.6) is 0 Å². The number of fused-ring (bicyclic) bond motifs is 1. The largest absolute Gasteiger partial charge is 0.405 e. The standard InChI is InChI=1S/C18H15F3N4O2S/c1-11-5-4-8-22-15(11)25-16(27)12-6-2-3-7-13(12)24-17(25)28-9-14(26)23-10-18(19,20)21/h2-8H,9-10H2,1H3,(H,23,26). The highest BCUT2D eigenvalue weighted by atomic mass is 32.2. The number of para-hydroxylation sites is 1. The number of thioether (sulfide) groups is 1. The van der Waals surface area contributed by atoms with Gasteiger partial charge in [0.15, 0.2) is 5.16 Å². The van der Waals surface area contributed by atoms with Crippen molar-refractivity contribution in [3.05, 3.63) is 58.5 Å². The van der Waals surface area contributed by atoms with Gasteiger partial charge in [-0.3, -0.25) is 9.59 Å². The van der Waals surface area contributed by atoms with Gasteiger partial charge in [0.05, 0.1) is 16.7 Å². The van der Waals surface area contributed by atoms with Crippen LogP contribution in [0.1, 0.15) is 5.56 Å². The van der Waals surface area contributed by atoms with Gasteiger partial charge in [-0.05, 0) is 30.7 Å². The van der Waals surface area contributed by atoms with Crippen molar-refractivity contribution in [3.63, 3.8) is 0 Å². The number of alkyl halides is 3. The van der Waals surface area contributed by atoms with E-state index < -0.39 is 18.6 Å². The number of halogens is 3. The highest BCUT2D eigenvalue weighted by Gasteiger charge is 2.27. The first-order valence-electron chi connectivity index (χ1n) is 8.16. The van der Waals surface area contributed by atoms with Gasteiger partial charge < -0.3 is 5.32 Å². The molecule has 6 nitrogen and oxygen atoms in total. The van der Waals surface area contributed by atoms with Crippen LogP contribution in [-0.2, 0) is 4.79 Å². The number of aromatic nitrogens is 3.